The Labute approximate surface area is 92.1 Å². The maximum absolute atomic E-state index is 9.07. The number of benzene rings is 1. The molecule has 0 saturated heterocycles. The van der Waals surface area contributed by atoms with Crippen LogP contribution in [0.2, 0.25) is 5.02 Å². The van der Waals surface area contributed by atoms with Gasteiger partial charge < -0.3 is 5.11 Å². The Morgan fingerprint density at radius 1 is 1.47 bits per heavy atom. The standard InChI is InChI=1S/C10H10ClN3O/c1-7-2-3-8(11)4-9(7)14-6-12-13-10(14)5-15/h2-4,6,15H,5H2,1H3. The van der Waals surface area contributed by atoms with E-state index in [-0.39, 0.29) is 6.61 Å². The minimum Gasteiger partial charge on any atom is -0.388 e. The molecule has 1 aromatic carbocycles. The van der Waals surface area contributed by atoms with Crippen molar-refractivity contribution in [2.75, 3.05) is 0 Å². The Bertz CT molecular complexity index is 481. The fraction of sp³-hybridized carbons (Fsp3) is 0.200. The van der Waals surface area contributed by atoms with Crippen molar-refractivity contribution in [2.24, 2.45) is 0 Å². The minimum atomic E-state index is -0.147. The van der Waals surface area contributed by atoms with Crippen LogP contribution >= 0.6 is 11.6 Å². The van der Waals surface area contributed by atoms with E-state index >= 15 is 0 Å². The molecular formula is C10H10ClN3O. The molecule has 0 saturated carbocycles. The molecule has 0 fully saturated rings. The van der Waals surface area contributed by atoms with E-state index in [2.05, 4.69) is 10.2 Å². The van der Waals surface area contributed by atoms with Crippen LogP contribution in [0.3, 0.4) is 0 Å². The van der Waals surface area contributed by atoms with Crippen molar-refractivity contribution in [3.63, 3.8) is 0 Å². The molecule has 0 bridgehead atoms. The average Bonchev–Trinajstić information content (AvgIpc) is 2.69. The first-order valence-corrected chi connectivity index (χ1v) is 4.86. The zero-order valence-electron chi connectivity index (χ0n) is 8.18. The summed E-state index contributed by atoms with van der Waals surface area (Å²) in [5.74, 6) is 0.500. The van der Waals surface area contributed by atoms with E-state index < -0.39 is 0 Å². The van der Waals surface area contributed by atoms with Gasteiger partial charge in [-0.25, -0.2) is 0 Å². The summed E-state index contributed by atoms with van der Waals surface area (Å²) in [7, 11) is 0. The maximum Gasteiger partial charge on any atom is 0.163 e. The van der Waals surface area contributed by atoms with Gasteiger partial charge in [-0.05, 0) is 24.6 Å². The quantitative estimate of drug-likeness (QED) is 0.844. The van der Waals surface area contributed by atoms with Crippen molar-refractivity contribution in [3.8, 4) is 5.69 Å². The normalized spacial score (nSPS) is 10.6. The summed E-state index contributed by atoms with van der Waals surface area (Å²) in [6.45, 7) is 1.82. The van der Waals surface area contributed by atoms with Gasteiger partial charge in [-0.1, -0.05) is 17.7 Å². The van der Waals surface area contributed by atoms with Crippen LogP contribution in [-0.4, -0.2) is 19.9 Å². The van der Waals surface area contributed by atoms with Crippen LogP contribution in [0.4, 0.5) is 0 Å². The SMILES string of the molecule is Cc1ccc(Cl)cc1-n1cnnc1CO. The van der Waals surface area contributed by atoms with Gasteiger partial charge >= 0.3 is 0 Å². The number of halogens is 1. The molecule has 5 heteroatoms. The van der Waals surface area contributed by atoms with Crippen LogP contribution in [-0.2, 0) is 6.61 Å². The number of aromatic nitrogens is 3. The number of aliphatic hydroxyl groups is 1. The number of nitrogens with zero attached hydrogens (tertiary/aromatic N) is 3. The Morgan fingerprint density at radius 2 is 2.27 bits per heavy atom. The predicted molar refractivity (Wildman–Crippen MR) is 57.0 cm³/mol. The summed E-state index contributed by atoms with van der Waals surface area (Å²) in [5, 5.41) is 17.3. The van der Waals surface area contributed by atoms with E-state index in [1.54, 1.807) is 10.9 Å². The molecule has 1 aromatic heterocycles. The molecule has 15 heavy (non-hydrogen) atoms. The molecule has 0 unspecified atom stereocenters. The summed E-state index contributed by atoms with van der Waals surface area (Å²) in [4.78, 5) is 0. The Hall–Kier alpha value is -1.39. The topological polar surface area (TPSA) is 50.9 Å². The van der Waals surface area contributed by atoms with Gasteiger partial charge in [0.25, 0.3) is 0 Å². The van der Waals surface area contributed by atoms with Gasteiger partial charge in [0.1, 0.15) is 12.9 Å². The van der Waals surface area contributed by atoms with E-state index in [0.717, 1.165) is 11.3 Å². The van der Waals surface area contributed by atoms with Crippen LogP contribution in [0, 0.1) is 6.92 Å². The molecule has 0 amide bonds. The number of hydrogen-bond acceptors (Lipinski definition) is 3. The fourth-order valence-electron chi connectivity index (χ4n) is 1.41. The summed E-state index contributed by atoms with van der Waals surface area (Å²) in [5.41, 5.74) is 1.94. The number of rotatable bonds is 2. The second kappa shape index (κ2) is 4.00. The van der Waals surface area contributed by atoms with Gasteiger partial charge in [0.15, 0.2) is 5.82 Å². The van der Waals surface area contributed by atoms with Crippen molar-refractivity contribution in [1.29, 1.82) is 0 Å². The average molecular weight is 224 g/mol. The molecule has 2 rings (SSSR count). The van der Waals surface area contributed by atoms with Crippen LogP contribution in [0.15, 0.2) is 24.5 Å². The summed E-state index contributed by atoms with van der Waals surface area (Å²) in [6, 6.07) is 5.56. The lowest BCUT2D eigenvalue weighted by molar-refractivity contribution is 0.269. The van der Waals surface area contributed by atoms with E-state index in [1.807, 2.05) is 25.1 Å². The minimum absolute atomic E-state index is 0.147. The molecule has 0 atom stereocenters. The number of aryl methyl sites for hydroxylation is 1. The van der Waals surface area contributed by atoms with Gasteiger partial charge in [-0.15, -0.1) is 10.2 Å². The van der Waals surface area contributed by atoms with E-state index in [4.69, 9.17) is 16.7 Å². The van der Waals surface area contributed by atoms with Crippen molar-refractivity contribution in [3.05, 3.63) is 40.9 Å². The van der Waals surface area contributed by atoms with E-state index in [1.165, 1.54) is 0 Å². The monoisotopic (exact) mass is 223 g/mol. The second-order valence-corrected chi connectivity index (χ2v) is 3.64. The van der Waals surface area contributed by atoms with Crippen LogP contribution < -0.4 is 0 Å². The van der Waals surface area contributed by atoms with Crippen molar-refractivity contribution < 1.29 is 5.11 Å². The molecule has 1 N–H and O–H groups in total. The molecule has 0 aliphatic rings. The molecule has 0 radical (unpaired) electrons. The highest BCUT2D eigenvalue weighted by atomic mass is 35.5. The van der Waals surface area contributed by atoms with E-state index in [0.29, 0.717) is 10.8 Å². The lowest BCUT2D eigenvalue weighted by Gasteiger charge is -2.08. The Morgan fingerprint density at radius 3 is 3.00 bits per heavy atom. The molecule has 2 aromatic rings. The number of aliphatic hydroxyl groups excluding tert-OH is 1. The lowest BCUT2D eigenvalue weighted by Crippen LogP contribution is -2.01. The van der Waals surface area contributed by atoms with Crippen molar-refractivity contribution >= 4 is 11.6 Å². The van der Waals surface area contributed by atoms with Gasteiger partial charge in [0.05, 0.1) is 5.69 Å². The Kier molecular flexibility index (Phi) is 2.70. The molecule has 4 nitrogen and oxygen atoms in total. The third-order valence-corrected chi connectivity index (χ3v) is 2.43. The number of hydrogen-bond donors (Lipinski definition) is 1. The smallest absolute Gasteiger partial charge is 0.163 e. The Balaban J connectivity index is 2.58. The first-order valence-electron chi connectivity index (χ1n) is 4.48. The molecular weight excluding hydrogens is 214 g/mol. The van der Waals surface area contributed by atoms with Gasteiger partial charge in [-0.3, -0.25) is 4.57 Å². The predicted octanol–water partition coefficient (Wildman–Crippen LogP) is 1.72. The van der Waals surface area contributed by atoms with Gasteiger partial charge in [0.2, 0.25) is 0 Å². The van der Waals surface area contributed by atoms with Crippen LogP contribution in [0.25, 0.3) is 5.69 Å². The third kappa shape index (κ3) is 1.86. The summed E-state index contributed by atoms with van der Waals surface area (Å²) < 4.78 is 1.72. The van der Waals surface area contributed by atoms with Crippen LogP contribution in [0.5, 0.6) is 0 Å². The van der Waals surface area contributed by atoms with Crippen molar-refractivity contribution in [1.82, 2.24) is 14.8 Å². The van der Waals surface area contributed by atoms with Crippen LogP contribution in [0.1, 0.15) is 11.4 Å². The first kappa shape index (κ1) is 10.1. The fourth-order valence-corrected chi connectivity index (χ4v) is 1.58. The molecule has 0 aliphatic carbocycles. The van der Waals surface area contributed by atoms with Gasteiger partial charge in [-0.2, -0.15) is 0 Å². The second-order valence-electron chi connectivity index (χ2n) is 3.21. The zero-order chi connectivity index (χ0) is 10.8. The zero-order valence-corrected chi connectivity index (χ0v) is 8.94. The summed E-state index contributed by atoms with van der Waals surface area (Å²) in [6.07, 6.45) is 1.56. The first-order chi connectivity index (χ1) is 7.22. The maximum atomic E-state index is 9.07. The molecule has 78 valence electrons. The molecule has 0 spiro atoms. The highest BCUT2D eigenvalue weighted by Crippen LogP contribution is 2.20. The highest BCUT2D eigenvalue weighted by Gasteiger charge is 2.07. The molecule has 0 aliphatic heterocycles. The highest BCUT2D eigenvalue weighted by molar-refractivity contribution is 6.30. The third-order valence-electron chi connectivity index (χ3n) is 2.19. The van der Waals surface area contributed by atoms with Gasteiger partial charge in [0, 0.05) is 5.02 Å². The molecule has 1 heterocycles. The lowest BCUT2D eigenvalue weighted by atomic mass is 10.2. The van der Waals surface area contributed by atoms with E-state index in [9.17, 15) is 0 Å². The van der Waals surface area contributed by atoms with Crippen molar-refractivity contribution in [2.45, 2.75) is 13.5 Å². The largest absolute Gasteiger partial charge is 0.388 e. The summed E-state index contributed by atoms with van der Waals surface area (Å²) >= 11 is 5.91.